The Balaban J connectivity index is 0.000000335. The molecule has 0 bridgehead atoms. The van der Waals surface area contributed by atoms with Crippen LogP contribution in [0.5, 0.6) is 0 Å². The fourth-order valence-electron chi connectivity index (χ4n) is 2.24. The molecule has 1 aliphatic heterocycles. The van der Waals surface area contributed by atoms with Crippen LogP contribution in [0.1, 0.15) is 50.6 Å². The Bertz CT molecular complexity index is 476. The predicted octanol–water partition coefficient (Wildman–Crippen LogP) is 3.26. The minimum atomic E-state index is -0.709. The second-order valence-electron chi connectivity index (χ2n) is 6.94. The fraction of sp³-hybridized carbons (Fsp3) is 0.611. The first-order chi connectivity index (χ1) is 10.2. The monoisotopic (exact) mass is 301 g/mol. The van der Waals surface area contributed by atoms with Crippen molar-refractivity contribution in [1.82, 2.24) is 4.90 Å². The second kappa shape index (κ2) is 8.37. The number of carbonyl (C=O) groups excluding carboxylic acids is 1. The molecule has 0 amide bonds. The van der Waals surface area contributed by atoms with Gasteiger partial charge in [-0.15, -0.1) is 0 Å². The molecule has 1 heterocycles. The topological polar surface area (TPSA) is 29.5 Å². The summed E-state index contributed by atoms with van der Waals surface area (Å²) in [6.07, 6.45) is 2.83. The highest BCUT2D eigenvalue weighted by atomic mass is 16.6. The third kappa shape index (κ3) is 7.12. The Labute approximate surface area is 136 Å². The van der Waals surface area contributed by atoms with Gasteiger partial charge in [0.1, 0.15) is 5.60 Å². The van der Waals surface area contributed by atoms with Crippen molar-refractivity contribution in [2.75, 3.05) is 20.1 Å². The van der Waals surface area contributed by atoms with Gasteiger partial charge in [0.25, 0.3) is 0 Å². The van der Waals surface area contributed by atoms with E-state index < -0.39 is 17.4 Å². The van der Waals surface area contributed by atoms with Gasteiger partial charge in [0.2, 0.25) is 0 Å². The van der Waals surface area contributed by atoms with Gasteiger partial charge < -0.3 is 9.64 Å². The van der Waals surface area contributed by atoms with Gasteiger partial charge in [-0.1, -0.05) is 29.8 Å². The van der Waals surface area contributed by atoms with Gasteiger partial charge in [0, 0.05) is 5.82 Å². The minimum absolute atomic E-state index is 0.391. The van der Waals surface area contributed by atoms with E-state index in [2.05, 4.69) is 11.9 Å². The third-order valence-electron chi connectivity index (χ3n) is 3.39. The Morgan fingerprint density at radius 1 is 1.27 bits per heavy atom. The Morgan fingerprint density at radius 3 is 2.27 bits per heavy atom. The van der Waals surface area contributed by atoms with E-state index in [0.717, 1.165) is 11.1 Å². The van der Waals surface area contributed by atoms with Crippen LogP contribution in [0.25, 0.3) is 0 Å². The standard InChI is InChI=1S/C13H17BO2.C5H11N/c1-9-6-5-7-10(8-9)11(14)12(15)16-13(2,3)4;1-6-4-2-3-5-6/h5-8,11H,1-4H3;2-5H2,1H3/t11-;/m1./s1. The number of benzene rings is 1. The number of aryl methyl sites for hydroxylation is 1. The van der Waals surface area contributed by atoms with Gasteiger partial charge in [-0.2, -0.15) is 0 Å². The lowest BCUT2D eigenvalue weighted by Crippen LogP contribution is -2.28. The van der Waals surface area contributed by atoms with Gasteiger partial charge in [-0.3, -0.25) is 4.79 Å². The number of hydrogen-bond donors (Lipinski definition) is 0. The van der Waals surface area contributed by atoms with Crippen LogP contribution in [0.3, 0.4) is 0 Å². The lowest BCUT2D eigenvalue weighted by atomic mass is 9.80. The molecule has 1 aromatic rings. The number of rotatable bonds is 2. The largest absolute Gasteiger partial charge is 0.460 e. The van der Waals surface area contributed by atoms with Crippen LogP contribution in [0.4, 0.5) is 0 Å². The highest BCUT2D eigenvalue weighted by molar-refractivity contribution is 6.23. The molecule has 22 heavy (non-hydrogen) atoms. The first kappa shape index (κ1) is 18.8. The SMILES string of the molecule is CN1CCCC1.[B][C@@H](C(=O)OC(C)(C)C)c1cccc(C)c1. The summed E-state index contributed by atoms with van der Waals surface area (Å²) in [4.78, 5) is 14.1. The zero-order valence-corrected chi connectivity index (χ0v) is 14.6. The smallest absolute Gasteiger partial charge is 0.304 e. The summed E-state index contributed by atoms with van der Waals surface area (Å²) in [6, 6.07) is 7.58. The summed E-state index contributed by atoms with van der Waals surface area (Å²) < 4.78 is 5.23. The van der Waals surface area contributed by atoms with Crippen LogP contribution in [0, 0.1) is 6.92 Å². The number of hydrogen-bond acceptors (Lipinski definition) is 3. The van der Waals surface area contributed by atoms with Crippen molar-refractivity contribution in [2.24, 2.45) is 0 Å². The molecule has 0 N–H and O–H groups in total. The zero-order chi connectivity index (χ0) is 16.8. The number of nitrogens with zero attached hydrogens (tertiary/aromatic N) is 1. The molecule has 0 aromatic heterocycles. The normalized spacial score (nSPS) is 16.6. The van der Waals surface area contributed by atoms with Gasteiger partial charge in [-0.05, 0) is 66.2 Å². The Hall–Kier alpha value is -1.29. The molecule has 1 atom stereocenters. The molecule has 4 heteroatoms. The first-order valence-corrected chi connectivity index (χ1v) is 7.92. The van der Waals surface area contributed by atoms with E-state index in [9.17, 15) is 4.79 Å². The molecule has 0 saturated carbocycles. The summed E-state index contributed by atoms with van der Waals surface area (Å²) in [6.45, 7) is 10.1. The molecule has 120 valence electrons. The van der Waals surface area contributed by atoms with Crippen LogP contribution < -0.4 is 0 Å². The van der Waals surface area contributed by atoms with Crippen LogP contribution in [-0.2, 0) is 9.53 Å². The van der Waals surface area contributed by atoms with Gasteiger partial charge in [0.05, 0.1) is 7.85 Å². The molecule has 1 aliphatic rings. The maximum absolute atomic E-state index is 11.7. The number of carbonyl (C=O) groups is 1. The first-order valence-electron chi connectivity index (χ1n) is 7.92. The van der Waals surface area contributed by atoms with Crippen LogP contribution in [0.15, 0.2) is 24.3 Å². The van der Waals surface area contributed by atoms with Crippen molar-refractivity contribution in [1.29, 1.82) is 0 Å². The molecule has 3 nitrogen and oxygen atoms in total. The fourth-order valence-corrected chi connectivity index (χ4v) is 2.24. The number of esters is 1. The molecule has 0 unspecified atom stereocenters. The summed E-state index contributed by atoms with van der Waals surface area (Å²) in [5, 5.41) is 0. The maximum Gasteiger partial charge on any atom is 0.304 e. The van der Waals surface area contributed by atoms with Crippen molar-refractivity contribution in [3.05, 3.63) is 35.4 Å². The molecule has 1 saturated heterocycles. The quantitative estimate of drug-likeness (QED) is 0.620. The highest BCUT2D eigenvalue weighted by Crippen LogP contribution is 2.18. The van der Waals surface area contributed by atoms with E-state index >= 15 is 0 Å². The van der Waals surface area contributed by atoms with E-state index in [1.807, 2.05) is 52.0 Å². The second-order valence-corrected chi connectivity index (χ2v) is 6.94. The van der Waals surface area contributed by atoms with E-state index in [4.69, 9.17) is 12.6 Å². The summed E-state index contributed by atoms with van der Waals surface area (Å²) in [5.74, 6) is -1.10. The molecule has 1 aromatic carbocycles. The van der Waals surface area contributed by atoms with Crippen molar-refractivity contribution in [3.63, 3.8) is 0 Å². The molecular formula is C18H28BNO2. The predicted molar refractivity (Wildman–Crippen MR) is 92.3 cm³/mol. The lowest BCUT2D eigenvalue weighted by Gasteiger charge is -2.22. The average Bonchev–Trinajstić information content (AvgIpc) is 2.88. The maximum atomic E-state index is 11.7. The molecule has 1 fully saturated rings. The molecule has 2 radical (unpaired) electrons. The molecule has 2 rings (SSSR count). The van der Waals surface area contributed by atoms with Gasteiger partial charge >= 0.3 is 5.97 Å². The van der Waals surface area contributed by atoms with E-state index in [1.165, 1.54) is 25.9 Å². The van der Waals surface area contributed by atoms with E-state index in [0.29, 0.717) is 0 Å². The van der Waals surface area contributed by atoms with Crippen molar-refractivity contribution < 1.29 is 9.53 Å². The Morgan fingerprint density at radius 2 is 1.86 bits per heavy atom. The highest BCUT2D eigenvalue weighted by Gasteiger charge is 2.22. The van der Waals surface area contributed by atoms with Crippen molar-refractivity contribution >= 4 is 13.8 Å². The van der Waals surface area contributed by atoms with Crippen LogP contribution in [0.2, 0.25) is 0 Å². The Kier molecular flexibility index (Phi) is 7.14. The minimum Gasteiger partial charge on any atom is -0.460 e. The van der Waals surface area contributed by atoms with Gasteiger partial charge in [0.15, 0.2) is 0 Å². The van der Waals surface area contributed by atoms with Crippen LogP contribution >= 0.6 is 0 Å². The summed E-state index contributed by atoms with van der Waals surface area (Å²) in [7, 11) is 8.01. The van der Waals surface area contributed by atoms with Crippen molar-refractivity contribution in [2.45, 2.75) is 52.0 Å². The third-order valence-corrected chi connectivity index (χ3v) is 3.39. The molecule has 0 spiro atoms. The average molecular weight is 301 g/mol. The summed E-state index contributed by atoms with van der Waals surface area (Å²) >= 11 is 0. The summed E-state index contributed by atoms with van der Waals surface area (Å²) in [5.41, 5.74) is 1.36. The zero-order valence-electron chi connectivity index (χ0n) is 14.6. The van der Waals surface area contributed by atoms with E-state index in [1.54, 1.807) is 0 Å². The molecule has 0 aliphatic carbocycles. The van der Waals surface area contributed by atoms with E-state index in [-0.39, 0.29) is 0 Å². The lowest BCUT2D eigenvalue weighted by molar-refractivity contribution is -0.154. The number of likely N-dealkylation sites (tertiary alicyclic amines) is 1. The van der Waals surface area contributed by atoms with Crippen LogP contribution in [-0.4, -0.2) is 44.5 Å². The molecular weight excluding hydrogens is 273 g/mol. The van der Waals surface area contributed by atoms with Gasteiger partial charge in [-0.25, -0.2) is 0 Å². The number of ether oxygens (including phenoxy) is 1. The van der Waals surface area contributed by atoms with Crippen molar-refractivity contribution in [3.8, 4) is 0 Å².